The van der Waals surface area contributed by atoms with Crippen LogP contribution < -0.4 is 5.32 Å². The minimum Gasteiger partial charge on any atom is -0.340 e. The highest BCUT2D eigenvalue weighted by atomic mass is 32.2. The van der Waals surface area contributed by atoms with Crippen LogP contribution in [-0.4, -0.2) is 65.0 Å². The summed E-state index contributed by atoms with van der Waals surface area (Å²) < 4.78 is 0. The van der Waals surface area contributed by atoms with Gasteiger partial charge in [-0.25, -0.2) is 4.79 Å². The summed E-state index contributed by atoms with van der Waals surface area (Å²) >= 11 is 1.92. The van der Waals surface area contributed by atoms with Crippen molar-refractivity contribution in [3.63, 3.8) is 0 Å². The van der Waals surface area contributed by atoms with Crippen LogP contribution in [0.4, 0.5) is 4.79 Å². The minimum atomic E-state index is 0.1000. The van der Waals surface area contributed by atoms with Gasteiger partial charge in [0.05, 0.1) is 0 Å². The lowest BCUT2D eigenvalue weighted by molar-refractivity contribution is -0.130. The van der Waals surface area contributed by atoms with Crippen LogP contribution in [0.2, 0.25) is 0 Å². The second-order valence-corrected chi connectivity index (χ2v) is 8.22. The molecule has 3 rings (SSSR count). The van der Waals surface area contributed by atoms with Gasteiger partial charge in [-0.3, -0.25) is 4.79 Å². The SMILES string of the molecule is CS[C@@H]1CCC[C@@H](NC(=O)N2CCC(N3CCCC3=O)CC2)C1. The van der Waals surface area contributed by atoms with Gasteiger partial charge in [-0.1, -0.05) is 6.42 Å². The van der Waals surface area contributed by atoms with Crippen LogP contribution in [0.3, 0.4) is 0 Å². The van der Waals surface area contributed by atoms with Crippen molar-refractivity contribution in [2.75, 3.05) is 25.9 Å². The predicted octanol–water partition coefficient (Wildman–Crippen LogP) is 2.46. The van der Waals surface area contributed by atoms with E-state index in [1.807, 2.05) is 21.6 Å². The molecule has 2 saturated heterocycles. The number of likely N-dealkylation sites (tertiary alicyclic amines) is 2. The van der Waals surface area contributed by atoms with Crippen molar-refractivity contribution >= 4 is 23.7 Å². The molecule has 6 heteroatoms. The van der Waals surface area contributed by atoms with Crippen LogP contribution in [0.25, 0.3) is 0 Å². The van der Waals surface area contributed by atoms with Gasteiger partial charge in [-0.2, -0.15) is 11.8 Å². The molecule has 3 amide bonds. The molecule has 5 nitrogen and oxygen atoms in total. The zero-order valence-electron chi connectivity index (χ0n) is 14.1. The average molecular weight is 340 g/mol. The van der Waals surface area contributed by atoms with Gasteiger partial charge in [-0.05, 0) is 44.8 Å². The van der Waals surface area contributed by atoms with Gasteiger partial charge in [0.25, 0.3) is 0 Å². The fourth-order valence-electron chi connectivity index (χ4n) is 4.19. The number of carbonyl (C=O) groups excluding carboxylic acids is 2. The lowest BCUT2D eigenvalue weighted by Crippen LogP contribution is -2.52. The first-order valence-electron chi connectivity index (χ1n) is 9.05. The molecule has 0 aromatic heterocycles. The van der Waals surface area contributed by atoms with E-state index in [1.165, 1.54) is 12.8 Å². The molecule has 0 bridgehead atoms. The normalized spacial score (nSPS) is 29.9. The number of amides is 3. The Morgan fingerprint density at radius 3 is 2.57 bits per heavy atom. The van der Waals surface area contributed by atoms with Crippen molar-refractivity contribution in [3.05, 3.63) is 0 Å². The second kappa shape index (κ2) is 7.77. The molecular formula is C17H29N3O2S. The number of rotatable bonds is 3. The highest BCUT2D eigenvalue weighted by molar-refractivity contribution is 7.99. The molecule has 1 saturated carbocycles. The Morgan fingerprint density at radius 2 is 1.91 bits per heavy atom. The summed E-state index contributed by atoms with van der Waals surface area (Å²) in [6.07, 6.45) is 10.4. The molecule has 23 heavy (non-hydrogen) atoms. The van der Waals surface area contributed by atoms with Gasteiger partial charge in [0.15, 0.2) is 0 Å². The second-order valence-electron chi connectivity index (χ2n) is 7.08. The maximum Gasteiger partial charge on any atom is 0.317 e. The lowest BCUT2D eigenvalue weighted by Gasteiger charge is -2.38. The Labute approximate surface area is 143 Å². The van der Waals surface area contributed by atoms with Crippen LogP contribution in [0.15, 0.2) is 0 Å². The van der Waals surface area contributed by atoms with Crippen LogP contribution in [0.1, 0.15) is 51.4 Å². The maximum absolute atomic E-state index is 12.5. The molecule has 0 radical (unpaired) electrons. The summed E-state index contributed by atoms with van der Waals surface area (Å²) in [7, 11) is 0. The quantitative estimate of drug-likeness (QED) is 0.859. The molecule has 0 unspecified atom stereocenters. The molecule has 0 spiro atoms. The molecule has 2 heterocycles. The molecule has 3 fully saturated rings. The number of thioether (sulfide) groups is 1. The first-order valence-corrected chi connectivity index (χ1v) is 10.3. The van der Waals surface area contributed by atoms with E-state index in [2.05, 4.69) is 11.6 Å². The van der Waals surface area contributed by atoms with Gasteiger partial charge in [0.2, 0.25) is 5.91 Å². The van der Waals surface area contributed by atoms with E-state index in [9.17, 15) is 9.59 Å². The zero-order chi connectivity index (χ0) is 16.2. The number of hydrogen-bond acceptors (Lipinski definition) is 3. The molecule has 0 aromatic rings. The van der Waals surface area contributed by atoms with Crippen molar-refractivity contribution in [3.8, 4) is 0 Å². The van der Waals surface area contributed by atoms with Crippen molar-refractivity contribution in [2.45, 2.75) is 68.7 Å². The monoisotopic (exact) mass is 339 g/mol. The van der Waals surface area contributed by atoms with E-state index in [1.54, 1.807) is 0 Å². The standard InChI is InChI=1S/C17H29N3O2S/c1-23-15-5-2-4-13(12-15)18-17(22)19-10-7-14(8-11-19)20-9-3-6-16(20)21/h13-15H,2-12H2,1H3,(H,18,22)/t13-,15-/m1/s1. The largest absolute Gasteiger partial charge is 0.340 e. The van der Waals surface area contributed by atoms with Gasteiger partial charge >= 0.3 is 6.03 Å². The molecule has 1 aliphatic carbocycles. The maximum atomic E-state index is 12.5. The van der Waals surface area contributed by atoms with Crippen molar-refractivity contribution in [1.29, 1.82) is 0 Å². The van der Waals surface area contributed by atoms with Crippen molar-refractivity contribution < 1.29 is 9.59 Å². The third-order valence-electron chi connectivity index (χ3n) is 5.59. The highest BCUT2D eigenvalue weighted by Crippen LogP contribution is 2.27. The topological polar surface area (TPSA) is 52.7 Å². The Hall–Kier alpha value is -0.910. The summed E-state index contributed by atoms with van der Waals surface area (Å²) in [6.45, 7) is 2.46. The lowest BCUT2D eigenvalue weighted by atomic mass is 9.95. The molecular weight excluding hydrogens is 310 g/mol. The fraction of sp³-hybridized carbons (Fsp3) is 0.882. The van der Waals surface area contributed by atoms with Crippen LogP contribution in [0.5, 0.6) is 0 Å². The van der Waals surface area contributed by atoms with Crippen molar-refractivity contribution in [2.24, 2.45) is 0 Å². The van der Waals surface area contributed by atoms with Crippen molar-refractivity contribution in [1.82, 2.24) is 15.1 Å². The number of hydrogen-bond donors (Lipinski definition) is 1. The van der Waals surface area contributed by atoms with Gasteiger partial charge in [0.1, 0.15) is 0 Å². The van der Waals surface area contributed by atoms with Gasteiger partial charge in [-0.15, -0.1) is 0 Å². The van der Waals surface area contributed by atoms with Crippen LogP contribution in [0, 0.1) is 0 Å². The van der Waals surface area contributed by atoms with Gasteiger partial charge < -0.3 is 15.1 Å². The number of carbonyl (C=O) groups is 2. The van der Waals surface area contributed by atoms with E-state index in [0.29, 0.717) is 29.7 Å². The van der Waals surface area contributed by atoms with E-state index in [0.717, 1.165) is 51.7 Å². The van der Waals surface area contributed by atoms with E-state index >= 15 is 0 Å². The Kier molecular flexibility index (Phi) is 5.72. The van der Waals surface area contributed by atoms with E-state index < -0.39 is 0 Å². The summed E-state index contributed by atoms with van der Waals surface area (Å²) in [6, 6.07) is 0.791. The number of nitrogens with one attached hydrogen (secondary N) is 1. The van der Waals surface area contributed by atoms with Gasteiger partial charge in [0, 0.05) is 43.4 Å². The summed E-state index contributed by atoms with van der Waals surface area (Å²) in [4.78, 5) is 28.3. The fourth-order valence-corrected chi connectivity index (χ4v) is 5.02. The molecule has 2 aliphatic heterocycles. The Morgan fingerprint density at radius 1 is 1.13 bits per heavy atom. The summed E-state index contributed by atoms with van der Waals surface area (Å²) in [5.74, 6) is 0.304. The van der Waals surface area contributed by atoms with Crippen LogP contribution >= 0.6 is 11.8 Å². The van der Waals surface area contributed by atoms with E-state index in [4.69, 9.17) is 0 Å². The first kappa shape index (κ1) is 16.9. The molecule has 2 atom stereocenters. The smallest absolute Gasteiger partial charge is 0.317 e. The molecule has 0 aromatic carbocycles. The zero-order valence-corrected chi connectivity index (χ0v) is 14.9. The number of urea groups is 1. The Bertz CT molecular complexity index is 438. The predicted molar refractivity (Wildman–Crippen MR) is 93.6 cm³/mol. The number of piperidine rings is 1. The molecule has 3 aliphatic rings. The summed E-state index contributed by atoms with van der Waals surface area (Å²) in [5.41, 5.74) is 0. The average Bonchev–Trinajstić information content (AvgIpc) is 3.01. The van der Waals surface area contributed by atoms with E-state index in [-0.39, 0.29) is 6.03 Å². The third-order valence-corrected chi connectivity index (χ3v) is 6.68. The van der Waals surface area contributed by atoms with Crippen LogP contribution in [-0.2, 0) is 4.79 Å². The third kappa shape index (κ3) is 4.14. The minimum absolute atomic E-state index is 0.1000. The number of nitrogens with zero attached hydrogens (tertiary/aromatic N) is 2. The Balaban J connectivity index is 1.44. The molecule has 130 valence electrons. The summed E-state index contributed by atoms with van der Waals surface area (Å²) in [5, 5.41) is 3.93. The highest BCUT2D eigenvalue weighted by Gasteiger charge is 2.32. The first-order chi connectivity index (χ1) is 11.2. The molecule has 1 N–H and O–H groups in total.